The van der Waals surface area contributed by atoms with E-state index in [0.717, 1.165) is 26.2 Å². The number of hydrogen-bond donors (Lipinski definition) is 2. The molecule has 0 saturated carbocycles. The lowest BCUT2D eigenvalue weighted by Crippen LogP contribution is -2.44. The molecule has 1 fully saturated rings. The molecule has 2 N–H and O–H groups in total. The van der Waals surface area contributed by atoms with Gasteiger partial charge in [0.05, 0.1) is 4.92 Å². The molecule has 0 spiro atoms. The van der Waals surface area contributed by atoms with Gasteiger partial charge >= 0.3 is 5.69 Å². The molecule has 92 valence electrons. The van der Waals surface area contributed by atoms with Crippen molar-refractivity contribution in [1.82, 2.24) is 10.3 Å². The number of nitro groups is 1. The molecule has 0 aromatic carbocycles. The summed E-state index contributed by atoms with van der Waals surface area (Å²) in [4.78, 5) is 16.8. The molecule has 0 bridgehead atoms. The summed E-state index contributed by atoms with van der Waals surface area (Å²) in [5.74, 6) is 1.09. The predicted octanol–water partition coefficient (Wildman–Crippen LogP) is 0.441. The lowest BCUT2D eigenvalue weighted by Gasteiger charge is -2.28. The van der Waals surface area contributed by atoms with Crippen molar-refractivity contribution in [2.24, 2.45) is 0 Å². The van der Waals surface area contributed by atoms with Gasteiger partial charge in [0.2, 0.25) is 5.82 Å². The zero-order chi connectivity index (χ0) is 12.3. The fourth-order valence-corrected chi connectivity index (χ4v) is 1.83. The molecule has 0 aliphatic carbocycles. The second kappa shape index (κ2) is 4.96. The molecular formula is C10H15N5O2. The summed E-state index contributed by atoms with van der Waals surface area (Å²) in [6.07, 6.45) is 0. The van der Waals surface area contributed by atoms with E-state index >= 15 is 0 Å². The van der Waals surface area contributed by atoms with Gasteiger partial charge in [-0.3, -0.25) is 10.1 Å². The Balaban J connectivity index is 2.36. The van der Waals surface area contributed by atoms with Crippen LogP contribution >= 0.6 is 0 Å². The Morgan fingerprint density at radius 2 is 2.18 bits per heavy atom. The second-order valence-corrected chi connectivity index (χ2v) is 3.78. The standard InChI is InChI=1S/C10H15N5O2/c1-11-9-3-2-8(15(16)17)10(13-9)14-6-4-12-5-7-14/h2-3,12H,4-7H2,1H3,(H,11,13). The number of rotatable bonds is 3. The van der Waals surface area contributed by atoms with E-state index in [0.29, 0.717) is 11.6 Å². The molecule has 7 heteroatoms. The van der Waals surface area contributed by atoms with Gasteiger partial charge in [-0.05, 0) is 6.07 Å². The van der Waals surface area contributed by atoms with Crippen molar-refractivity contribution >= 4 is 17.3 Å². The molecule has 2 rings (SSSR count). The topological polar surface area (TPSA) is 83.3 Å². The highest BCUT2D eigenvalue weighted by Gasteiger charge is 2.22. The minimum Gasteiger partial charge on any atom is -0.373 e. The maximum Gasteiger partial charge on any atom is 0.311 e. The number of anilines is 2. The zero-order valence-corrected chi connectivity index (χ0v) is 9.64. The summed E-state index contributed by atoms with van der Waals surface area (Å²) in [5, 5.41) is 17.1. The Bertz CT molecular complexity index is 417. The van der Waals surface area contributed by atoms with E-state index in [9.17, 15) is 10.1 Å². The van der Waals surface area contributed by atoms with E-state index in [-0.39, 0.29) is 10.6 Å². The van der Waals surface area contributed by atoms with Crippen LogP contribution in [0.4, 0.5) is 17.3 Å². The Hall–Kier alpha value is -1.89. The van der Waals surface area contributed by atoms with E-state index in [1.807, 2.05) is 4.90 Å². The summed E-state index contributed by atoms with van der Waals surface area (Å²) in [6.45, 7) is 3.12. The number of nitrogens with one attached hydrogen (secondary N) is 2. The van der Waals surface area contributed by atoms with Gasteiger partial charge in [-0.15, -0.1) is 0 Å². The Kier molecular flexibility index (Phi) is 3.38. The van der Waals surface area contributed by atoms with Gasteiger partial charge < -0.3 is 15.5 Å². The molecule has 1 saturated heterocycles. The maximum absolute atomic E-state index is 11.0. The summed E-state index contributed by atoms with van der Waals surface area (Å²) in [6, 6.07) is 3.11. The average molecular weight is 237 g/mol. The predicted molar refractivity (Wildman–Crippen MR) is 65.5 cm³/mol. The zero-order valence-electron chi connectivity index (χ0n) is 9.64. The first-order valence-electron chi connectivity index (χ1n) is 5.51. The molecule has 7 nitrogen and oxygen atoms in total. The fraction of sp³-hybridized carbons (Fsp3) is 0.500. The van der Waals surface area contributed by atoms with Crippen LogP contribution in [0.15, 0.2) is 12.1 Å². The van der Waals surface area contributed by atoms with Crippen molar-refractivity contribution in [2.45, 2.75) is 0 Å². The van der Waals surface area contributed by atoms with Crippen LogP contribution in [0.25, 0.3) is 0 Å². The third kappa shape index (κ3) is 2.44. The van der Waals surface area contributed by atoms with Crippen molar-refractivity contribution in [3.63, 3.8) is 0 Å². The summed E-state index contributed by atoms with van der Waals surface area (Å²) in [7, 11) is 1.75. The van der Waals surface area contributed by atoms with Gasteiger partial charge in [0.15, 0.2) is 0 Å². The van der Waals surface area contributed by atoms with E-state index in [2.05, 4.69) is 15.6 Å². The molecule has 0 amide bonds. The highest BCUT2D eigenvalue weighted by atomic mass is 16.6. The molecular weight excluding hydrogens is 222 g/mol. The van der Waals surface area contributed by atoms with Crippen LogP contribution in [0.3, 0.4) is 0 Å². The first-order chi connectivity index (χ1) is 8.22. The number of nitrogens with zero attached hydrogens (tertiary/aromatic N) is 3. The summed E-state index contributed by atoms with van der Waals surface area (Å²) in [5.41, 5.74) is 0.0610. The third-order valence-electron chi connectivity index (χ3n) is 2.72. The van der Waals surface area contributed by atoms with E-state index in [4.69, 9.17) is 0 Å². The van der Waals surface area contributed by atoms with E-state index in [1.54, 1.807) is 13.1 Å². The minimum atomic E-state index is -0.385. The number of piperazine rings is 1. The average Bonchev–Trinajstić information content (AvgIpc) is 2.39. The molecule has 0 unspecified atom stereocenters. The van der Waals surface area contributed by atoms with Gasteiger partial charge in [0.25, 0.3) is 0 Å². The smallest absolute Gasteiger partial charge is 0.311 e. The number of aromatic nitrogens is 1. The Morgan fingerprint density at radius 1 is 1.47 bits per heavy atom. The highest BCUT2D eigenvalue weighted by molar-refractivity contribution is 5.62. The first kappa shape index (κ1) is 11.6. The quantitative estimate of drug-likeness (QED) is 0.586. The summed E-state index contributed by atoms with van der Waals surface area (Å²) < 4.78 is 0. The Labute approximate surface area is 99.0 Å². The van der Waals surface area contributed by atoms with Crippen LogP contribution in [0, 0.1) is 10.1 Å². The van der Waals surface area contributed by atoms with Crippen LogP contribution in [-0.4, -0.2) is 43.1 Å². The van der Waals surface area contributed by atoms with E-state index in [1.165, 1.54) is 6.07 Å². The molecule has 17 heavy (non-hydrogen) atoms. The molecule has 0 radical (unpaired) electrons. The second-order valence-electron chi connectivity index (χ2n) is 3.78. The van der Waals surface area contributed by atoms with Crippen LogP contribution < -0.4 is 15.5 Å². The highest BCUT2D eigenvalue weighted by Crippen LogP contribution is 2.27. The van der Waals surface area contributed by atoms with Gasteiger partial charge in [-0.25, -0.2) is 4.98 Å². The van der Waals surface area contributed by atoms with Crippen molar-refractivity contribution in [1.29, 1.82) is 0 Å². The van der Waals surface area contributed by atoms with Crippen molar-refractivity contribution in [3.8, 4) is 0 Å². The molecule has 2 heterocycles. The molecule has 1 aliphatic heterocycles. The maximum atomic E-state index is 11.0. The molecule has 1 aliphatic rings. The third-order valence-corrected chi connectivity index (χ3v) is 2.72. The van der Waals surface area contributed by atoms with Crippen LogP contribution in [0.1, 0.15) is 0 Å². The summed E-state index contributed by atoms with van der Waals surface area (Å²) >= 11 is 0. The van der Waals surface area contributed by atoms with Crippen molar-refractivity contribution < 1.29 is 4.92 Å². The lowest BCUT2D eigenvalue weighted by molar-refractivity contribution is -0.384. The molecule has 1 aromatic rings. The molecule has 0 atom stereocenters. The van der Waals surface area contributed by atoms with Crippen LogP contribution in [0.2, 0.25) is 0 Å². The first-order valence-corrected chi connectivity index (χ1v) is 5.51. The van der Waals surface area contributed by atoms with Crippen molar-refractivity contribution in [2.75, 3.05) is 43.4 Å². The van der Waals surface area contributed by atoms with E-state index < -0.39 is 0 Å². The van der Waals surface area contributed by atoms with Gasteiger partial charge in [0, 0.05) is 39.3 Å². The fourth-order valence-electron chi connectivity index (χ4n) is 1.83. The van der Waals surface area contributed by atoms with Gasteiger partial charge in [0.1, 0.15) is 5.82 Å². The monoisotopic (exact) mass is 237 g/mol. The Morgan fingerprint density at radius 3 is 2.76 bits per heavy atom. The lowest BCUT2D eigenvalue weighted by atomic mass is 10.3. The normalized spacial score (nSPS) is 15.7. The number of pyridine rings is 1. The SMILES string of the molecule is CNc1ccc([N+](=O)[O-])c(N2CCNCC2)n1. The van der Waals surface area contributed by atoms with Crippen LogP contribution in [0.5, 0.6) is 0 Å². The van der Waals surface area contributed by atoms with Gasteiger partial charge in [-0.2, -0.15) is 0 Å². The van der Waals surface area contributed by atoms with Gasteiger partial charge in [-0.1, -0.05) is 0 Å². The minimum absolute atomic E-state index is 0.0610. The van der Waals surface area contributed by atoms with Crippen molar-refractivity contribution in [3.05, 3.63) is 22.2 Å². The number of hydrogen-bond acceptors (Lipinski definition) is 6. The largest absolute Gasteiger partial charge is 0.373 e. The van der Waals surface area contributed by atoms with Crippen LogP contribution in [-0.2, 0) is 0 Å². The molecule has 1 aromatic heterocycles.